The Labute approximate surface area is 191 Å². The summed E-state index contributed by atoms with van der Waals surface area (Å²) in [5.74, 6) is 0.167. The Bertz CT molecular complexity index is 1380. The summed E-state index contributed by atoms with van der Waals surface area (Å²) in [6.07, 6.45) is 5.76. The number of nitrogens with zero attached hydrogens (tertiary/aromatic N) is 3. The summed E-state index contributed by atoms with van der Waals surface area (Å²) in [6.45, 7) is 2.31. The van der Waals surface area contributed by atoms with E-state index in [-0.39, 0.29) is 36.4 Å². The number of nitrogens with one attached hydrogen (secondary N) is 1. The van der Waals surface area contributed by atoms with Gasteiger partial charge in [-0.25, -0.2) is 9.07 Å². The molecule has 5 rings (SSSR count). The number of hydrogen-bond acceptors (Lipinski definition) is 3. The normalized spacial score (nSPS) is 18.6. The van der Waals surface area contributed by atoms with Crippen molar-refractivity contribution >= 4 is 27.7 Å². The molecule has 1 aliphatic carbocycles. The number of carbonyl (C=O) groups excluding carboxylic acids is 1. The van der Waals surface area contributed by atoms with Gasteiger partial charge < -0.3 is 9.88 Å². The molecule has 0 saturated heterocycles. The molecule has 2 aromatic heterocycles. The highest BCUT2D eigenvalue weighted by atomic mass is 19.1. The van der Waals surface area contributed by atoms with Crippen molar-refractivity contribution in [3.63, 3.8) is 0 Å². The van der Waals surface area contributed by atoms with Gasteiger partial charge in [0.05, 0.1) is 12.7 Å². The molecule has 1 saturated carbocycles. The van der Waals surface area contributed by atoms with Crippen LogP contribution >= 0.6 is 0 Å². The van der Waals surface area contributed by atoms with Crippen molar-refractivity contribution in [2.24, 2.45) is 5.92 Å². The molecule has 0 atom stereocenters. The topological polar surface area (TPSA) is 68.9 Å². The van der Waals surface area contributed by atoms with Gasteiger partial charge in [0, 0.05) is 27.9 Å². The van der Waals surface area contributed by atoms with Gasteiger partial charge in [0.1, 0.15) is 17.9 Å². The number of rotatable bonds is 5. The molecule has 2 heterocycles. The number of aromatic nitrogens is 3. The van der Waals surface area contributed by atoms with E-state index in [0.717, 1.165) is 36.6 Å². The molecule has 4 aromatic rings. The molecular formula is C26H27FN4O2. The van der Waals surface area contributed by atoms with Crippen LogP contribution in [-0.2, 0) is 17.9 Å². The lowest BCUT2D eigenvalue weighted by Gasteiger charge is -2.26. The molecule has 1 N–H and O–H groups in total. The Kier molecular flexibility index (Phi) is 5.70. The van der Waals surface area contributed by atoms with Gasteiger partial charge in [-0.15, -0.1) is 0 Å². The number of benzene rings is 2. The summed E-state index contributed by atoms with van der Waals surface area (Å²) >= 11 is 0. The lowest BCUT2D eigenvalue weighted by Crippen LogP contribution is -2.41. The molecule has 0 unspecified atom stereocenters. The summed E-state index contributed by atoms with van der Waals surface area (Å²) in [5.41, 5.74) is 1.39. The third kappa shape index (κ3) is 4.15. The first-order chi connectivity index (χ1) is 16.0. The lowest BCUT2D eigenvalue weighted by atomic mass is 9.87. The first-order valence-corrected chi connectivity index (χ1v) is 11.5. The highest BCUT2D eigenvalue weighted by molar-refractivity contribution is 6.07. The second-order valence-electron chi connectivity index (χ2n) is 9.09. The van der Waals surface area contributed by atoms with Crippen molar-refractivity contribution in [1.29, 1.82) is 0 Å². The average Bonchev–Trinajstić information content (AvgIpc) is 3.13. The van der Waals surface area contributed by atoms with Gasteiger partial charge in [0.25, 0.3) is 5.56 Å². The molecule has 0 aliphatic heterocycles. The number of fused-ring (bicyclic) bond motifs is 3. The van der Waals surface area contributed by atoms with E-state index in [9.17, 15) is 14.0 Å². The van der Waals surface area contributed by atoms with Gasteiger partial charge >= 0.3 is 0 Å². The minimum atomic E-state index is -0.354. The van der Waals surface area contributed by atoms with Crippen LogP contribution < -0.4 is 10.9 Å². The van der Waals surface area contributed by atoms with Crippen LogP contribution in [-0.4, -0.2) is 26.3 Å². The Morgan fingerprint density at radius 3 is 2.58 bits per heavy atom. The van der Waals surface area contributed by atoms with Crippen LogP contribution in [0, 0.1) is 11.7 Å². The van der Waals surface area contributed by atoms with Crippen LogP contribution in [0.2, 0.25) is 0 Å². The van der Waals surface area contributed by atoms with Crippen molar-refractivity contribution in [1.82, 2.24) is 19.7 Å². The Balaban J connectivity index is 1.51. The van der Waals surface area contributed by atoms with E-state index in [2.05, 4.69) is 17.3 Å². The highest BCUT2D eigenvalue weighted by Gasteiger charge is 2.21. The van der Waals surface area contributed by atoms with Crippen LogP contribution in [0.3, 0.4) is 0 Å². The van der Waals surface area contributed by atoms with E-state index in [1.165, 1.54) is 10.7 Å². The number of hydrogen-bond donors (Lipinski definition) is 1. The zero-order valence-electron chi connectivity index (χ0n) is 18.6. The second-order valence-corrected chi connectivity index (χ2v) is 9.09. The molecule has 33 heavy (non-hydrogen) atoms. The largest absolute Gasteiger partial charge is 0.352 e. The third-order valence-corrected chi connectivity index (χ3v) is 6.73. The summed E-state index contributed by atoms with van der Waals surface area (Å²) in [5, 5.41) is 8.93. The number of carbonyl (C=O) groups is 1. The molecule has 6 nitrogen and oxygen atoms in total. The maximum Gasteiger partial charge on any atom is 0.291 e. The fourth-order valence-electron chi connectivity index (χ4n) is 4.88. The van der Waals surface area contributed by atoms with Crippen LogP contribution in [0.25, 0.3) is 21.8 Å². The van der Waals surface area contributed by atoms with Crippen molar-refractivity contribution in [2.75, 3.05) is 0 Å². The predicted octanol–water partition coefficient (Wildman–Crippen LogP) is 4.23. The maximum absolute atomic E-state index is 14.4. The fraction of sp³-hybridized carbons (Fsp3) is 0.346. The highest BCUT2D eigenvalue weighted by Crippen LogP contribution is 2.27. The molecule has 1 amide bonds. The molecule has 7 heteroatoms. The quantitative estimate of drug-likeness (QED) is 0.499. The fourth-order valence-corrected chi connectivity index (χ4v) is 4.88. The zero-order chi connectivity index (χ0) is 22.9. The lowest BCUT2D eigenvalue weighted by molar-refractivity contribution is -0.122. The summed E-state index contributed by atoms with van der Waals surface area (Å²) in [4.78, 5) is 26.1. The van der Waals surface area contributed by atoms with Crippen LogP contribution in [0.4, 0.5) is 4.39 Å². The summed E-state index contributed by atoms with van der Waals surface area (Å²) < 4.78 is 17.4. The van der Waals surface area contributed by atoms with E-state index in [1.807, 2.05) is 28.8 Å². The van der Waals surface area contributed by atoms with Crippen molar-refractivity contribution < 1.29 is 9.18 Å². The number of halogens is 1. The van der Waals surface area contributed by atoms with Gasteiger partial charge in [-0.2, -0.15) is 5.10 Å². The molecule has 170 valence electrons. The standard InChI is InChI=1S/C26H27FN4O2/c1-17-10-12-19(13-11-17)29-24(32)16-31-26(33)25-21(14-28-31)20-7-3-5-9-23(20)30(25)15-18-6-2-4-8-22(18)27/h2-9,14,17,19H,10-13,15-16H2,1H3,(H,29,32). The maximum atomic E-state index is 14.4. The van der Waals surface area contributed by atoms with E-state index in [0.29, 0.717) is 22.4 Å². The van der Waals surface area contributed by atoms with Gasteiger partial charge in [-0.3, -0.25) is 9.59 Å². The Morgan fingerprint density at radius 1 is 1.06 bits per heavy atom. The van der Waals surface area contributed by atoms with Crippen molar-refractivity contribution in [3.05, 3.63) is 76.5 Å². The predicted molar refractivity (Wildman–Crippen MR) is 127 cm³/mol. The van der Waals surface area contributed by atoms with E-state index < -0.39 is 0 Å². The minimum absolute atomic E-state index is 0.137. The molecular weight excluding hydrogens is 419 g/mol. The van der Waals surface area contributed by atoms with Gasteiger partial charge in [0.2, 0.25) is 5.91 Å². The SMILES string of the molecule is CC1CCC(NC(=O)Cn2ncc3c4ccccc4n(Cc4ccccc4F)c3c2=O)CC1. The van der Waals surface area contributed by atoms with Gasteiger partial charge in [-0.05, 0) is 43.7 Å². The molecule has 1 aliphatic rings. The Morgan fingerprint density at radius 2 is 1.79 bits per heavy atom. The zero-order valence-corrected chi connectivity index (χ0v) is 18.6. The smallest absolute Gasteiger partial charge is 0.291 e. The first kappa shape index (κ1) is 21.4. The molecule has 2 aromatic carbocycles. The van der Waals surface area contributed by atoms with Crippen LogP contribution in [0.5, 0.6) is 0 Å². The average molecular weight is 447 g/mol. The van der Waals surface area contributed by atoms with E-state index in [1.54, 1.807) is 24.4 Å². The molecule has 0 radical (unpaired) electrons. The third-order valence-electron chi connectivity index (χ3n) is 6.73. The van der Waals surface area contributed by atoms with E-state index in [4.69, 9.17) is 0 Å². The minimum Gasteiger partial charge on any atom is -0.352 e. The summed E-state index contributed by atoms with van der Waals surface area (Å²) in [6, 6.07) is 14.3. The summed E-state index contributed by atoms with van der Waals surface area (Å²) in [7, 11) is 0. The van der Waals surface area contributed by atoms with Crippen LogP contribution in [0.15, 0.2) is 59.5 Å². The molecule has 0 bridgehead atoms. The monoisotopic (exact) mass is 446 g/mol. The molecule has 0 spiro atoms. The van der Waals surface area contributed by atoms with Crippen molar-refractivity contribution in [2.45, 2.75) is 51.7 Å². The number of amides is 1. The van der Waals surface area contributed by atoms with E-state index >= 15 is 0 Å². The number of para-hydroxylation sites is 1. The van der Waals surface area contributed by atoms with Crippen molar-refractivity contribution in [3.8, 4) is 0 Å². The van der Waals surface area contributed by atoms with Crippen LogP contribution in [0.1, 0.15) is 38.2 Å². The molecule has 1 fully saturated rings. The second kappa shape index (κ2) is 8.81. The van der Waals surface area contributed by atoms with Gasteiger partial charge in [0.15, 0.2) is 0 Å². The Hall–Kier alpha value is -3.48. The first-order valence-electron chi connectivity index (χ1n) is 11.5. The van der Waals surface area contributed by atoms with Gasteiger partial charge in [-0.1, -0.05) is 43.3 Å².